The summed E-state index contributed by atoms with van der Waals surface area (Å²) in [7, 11) is 4.07. The van der Waals surface area contributed by atoms with Crippen molar-refractivity contribution in [2.75, 3.05) is 31.3 Å². The Morgan fingerprint density at radius 3 is 2.55 bits per heavy atom. The standard InChI is InChI=1S/C22H25FN4O2/c1-13-17(9-10-27(3)4)19-12-16(6-8-20(19)24-13)26-22(29)18-7-5-15(23)11-21(18)25-14(2)28/h5-8,11-12,24H,9-10H2,1-4H3,(H,25,28)(H,26,29). The fourth-order valence-electron chi connectivity index (χ4n) is 3.32. The molecule has 2 aromatic carbocycles. The normalized spacial score (nSPS) is 11.1. The van der Waals surface area contributed by atoms with Crippen LogP contribution in [-0.4, -0.2) is 42.3 Å². The van der Waals surface area contributed by atoms with E-state index < -0.39 is 11.7 Å². The molecule has 0 aliphatic heterocycles. The zero-order chi connectivity index (χ0) is 21.1. The number of rotatable bonds is 6. The smallest absolute Gasteiger partial charge is 0.257 e. The van der Waals surface area contributed by atoms with Crippen molar-refractivity contribution < 1.29 is 14.0 Å². The molecule has 0 unspecified atom stereocenters. The largest absolute Gasteiger partial charge is 0.358 e. The van der Waals surface area contributed by atoms with Crippen LogP contribution in [0.15, 0.2) is 36.4 Å². The molecule has 3 rings (SSSR count). The molecule has 0 aliphatic rings. The van der Waals surface area contributed by atoms with E-state index in [1.807, 2.05) is 39.2 Å². The van der Waals surface area contributed by atoms with E-state index in [4.69, 9.17) is 0 Å². The molecule has 29 heavy (non-hydrogen) atoms. The second-order valence-corrected chi connectivity index (χ2v) is 7.37. The summed E-state index contributed by atoms with van der Waals surface area (Å²) in [5.41, 5.74) is 4.29. The lowest BCUT2D eigenvalue weighted by Gasteiger charge is -2.12. The van der Waals surface area contributed by atoms with Crippen LogP contribution in [0.2, 0.25) is 0 Å². The first-order chi connectivity index (χ1) is 13.7. The van der Waals surface area contributed by atoms with Crippen molar-refractivity contribution in [1.29, 1.82) is 0 Å². The van der Waals surface area contributed by atoms with Crippen molar-refractivity contribution in [2.24, 2.45) is 0 Å². The van der Waals surface area contributed by atoms with Gasteiger partial charge in [0.2, 0.25) is 5.91 Å². The van der Waals surface area contributed by atoms with Crippen LogP contribution in [0.25, 0.3) is 10.9 Å². The van der Waals surface area contributed by atoms with Gasteiger partial charge in [-0.05, 0) is 69.4 Å². The molecule has 0 radical (unpaired) electrons. The number of anilines is 2. The predicted octanol–water partition coefficient (Wildman–Crippen LogP) is 3.93. The minimum atomic E-state index is -0.528. The number of nitrogens with zero attached hydrogens (tertiary/aromatic N) is 1. The lowest BCUT2D eigenvalue weighted by atomic mass is 10.1. The van der Waals surface area contributed by atoms with E-state index in [-0.39, 0.29) is 17.2 Å². The molecule has 6 nitrogen and oxygen atoms in total. The van der Waals surface area contributed by atoms with Gasteiger partial charge in [0.1, 0.15) is 5.82 Å². The molecular weight excluding hydrogens is 371 g/mol. The molecule has 0 fully saturated rings. The summed E-state index contributed by atoms with van der Waals surface area (Å²) in [6.07, 6.45) is 0.890. The topological polar surface area (TPSA) is 77.2 Å². The van der Waals surface area contributed by atoms with Gasteiger partial charge < -0.3 is 20.5 Å². The summed E-state index contributed by atoms with van der Waals surface area (Å²) in [6.45, 7) is 4.27. The average molecular weight is 396 g/mol. The molecular formula is C22H25FN4O2. The van der Waals surface area contributed by atoms with Crippen LogP contribution in [0, 0.1) is 12.7 Å². The van der Waals surface area contributed by atoms with Gasteiger partial charge >= 0.3 is 0 Å². The Morgan fingerprint density at radius 1 is 1.10 bits per heavy atom. The van der Waals surface area contributed by atoms with Gasteiger partial charge in [-0.3, -0.25) is 9.59 Å². The number of nitrogens with one attached hydrogen (secondary N) is 3. The van der Waals surface area contributed by atoms with Gasteiger partial charge in [0.05, 0.1) is 11.3 Å². The van der Waals surface area contributed by atoms with E-state index in [0.717, 1.165) is 35.6 Å². The Morgan fingerprint density at radius 2 is 1.86 bits per heavy atom. The highest BCUT2D eigenvalue weighted by Crippen LogP contribution is 2.27. The third-order valence-electron chi connectivity index (χ3n) is 4.72. The number of amides is 2. The fraction of sp³-hybridized carbons (Fsp3) is 0.273. The van der Waals surface area contributed by atoms with Crippen molar-refractivity contribution in [3.05, 3.63) is 59.0 Å². The van der Waals surface area contributed by atoms with Crippen molar-refractivity contribution in [3.8, 4) is 0 Å². The van der Waals surface area contributed by atoms with Crippen LogP contribution >= 0.6 is 0 Å². The van der Waals surface area contributed by atoms with Crippen molar-refractivity contribution in [3.63, 3.8) is 0 Å². The molecule has 0 bridgehead atoms. The van der Waals surface area contributed by atoms with E-state index >= 15 is 0 Å². The predicted molar refractivity (Wildman–Crippen MR) is 114 cm³/mol. The van der Waals surface area contributed by atoms with Gasteiger partial charge in [-0.2, -0.15) is 0 Å². The zero-order valence-electron chi connectivity index (χ0n) is 17.0. The van der Waals surface area contributed by atoms with Gasteiger partial charge in [-0.25, -0.2) is 4.39 Å². The number of aromatic amines is 1. The summed E-state index contributed by atoms with van der Waals surface area (Å²) < 4.78 is 13.5. The van der Waals surface area contributed by atoms with Crippen molar-refractivity contribution in [2.45, 2.75) is 20.3 Å². The highest BCUT2D eigenvalue weighted by molar-refractivity contribution is 6.10. The Bertz CT molecular complexity index is 1070. The molecule has 0 saturated heterocycles. The Balaban J connectivity index is 1.89. The summed E-state index contributed by atoms with van der Waals surface area (Å²) >= 11 is 0. The van der Waals surface area contributed by atoms with Crippen molar-refractivity contribution >= 4 is 34.1 Å². The maximum absolute atomic E-state index is 13.5. The fourth-order valence-corrected chi connectivity index (χ4v) is 3.32. The number of aryl methyl sites for hydroxylation is 1. The van der Waals surface area contributed by atoms with E-state index in [0.29, 0.717) is 5.69 Å². The molecule has 1 aromatic heterocycles. The number of hydrogen-bond donors (Lipinski definition) is 3. The van der Waals surface area contributed by atoms with E-state index in [1.165, 1.54) is 24.6 Å². The molecule has 1 heterocycles. The molecule has 0 aliphatic carbocycles. The van der Waals surface area contributed by atoms with Crippen LogP contribution in [0.4, 0.5) is 15.8 Å². The number of likely N-dealkylation sites (N-methyl/N-ethyl adjacent to an activating group) is 1. The summed E-state index contributed by atoms with van der Waals surface area (Å²) in [6, 6.07) is 9.36. The van der Waals surface area contributed by atoms with Crippen LogP contribution in [0.1, 0.15) is 28.5 Å². The third kappa shape index (κ3) is 4.81. The van der Waals surface area contributed by atoms with E-state index in [1.54, 1.807) is 0 Å². The third-order valence-corrected chi connectivity index (χ3v) is 4.72. The molecule has 0 atom stereocenters. The van der Waals surface area contributed by atoms with Gasteiger partial charge in [-0.15, -0.1) is 0 Å². The molecule has 152 valence electrons. The Hall–Kier alpha value is -3.19. The van der Waals surface area contributed by atoms with Crippen LogP contribution in [0.5, 0.6) is 0 Å². The van der Waals surface area contributed by atoms with Gasteiger partial charge in [0, 0.05) is 35.8 Å². The quantitative estimate of drug-likeness (QED) is 0.591. The number of aromatic nitrogens is 1. The SMILES string of the molecule is CC(=O)Nc1cc(F)ccc1C(=O)Nc1ccc2[nH]c(C)c(CCN(C)C)c2c1. The Kier molecular flexibility index (Phi) is 5.98. The van der Waals surface area contributed by atoms with Crippen LogP contribution in [0.3, 0.4) is 0 Å². The Labute approximate surface area is 169 Å². The number of H-pyrrole nitrogens is 1. The van der Waals surface area contributed by atoms with Crippen LogP contribution < -0.4 is 10.6 Å². The number of hydrogen-bond acceptors (Lipinski definition) is 3. The second-order valence-electron chi connectivity index (χ2n) is 7.37. The molecule has 3 N–H and O–H groups in total. The lowest BCUT2D eigenvalue weighted by Crippen LogP contribution is -2.17. The number of benzene rings is 2. The number of carbonyl (C=O) groups excluding carboxylic acids is 2. The average Bonchev–Trinajstić information content (AvgIpc) is 2.94. The first-order valence-electron chi connectivity index (χ1n) is 9.39. The highest BCUT2D eigenvalue weighted by atomic mass is 19.1. The summed E-state index contributed by atoms with van der Waals surface area (Å²) in [5.74, 6) is -1.32. The lowest BCUT2D eigenvalue weighted by molar-refractivity contribution is -0.114. The molecule has 0 saturated carbocycles. The monoisotopic (exact) mass is 396 g/mol. The molecule has 3 aromatic rings. The highest BCUT2D eigenvalue weighted by Gasteiger charge is 2.15. The first kappa shape index (κ1) is 20.5. The summed E-state index contributed by atoms with van der Waals surface area (Å²) in [5, 5.41) is 6.41. The van der Waals surface area contributed by atoms with E-state index in [2.05, 4.69) is 20.5 Å². The van der Waals surface area contributed by atoms with Gasteiger partial charge in [0.25, 0.3) is 5.91 Å². The molecule has 2 amide bonds. The molecule has 0 spiro atoms. The minimum absolute atomic E-state index is 0.139. The number of carbonyl (C=O) groups is 2. The maximum atomic E-state index is 13.5. The molecule has 7 heteroatoms. The van der Waals surface area contributed by atoms with Gasteiger partial charge in [-0.1, -0.05) is 0 Å². The minimum Gasteiger partial charge on any atom is -0.358 e. The van der Waals surface area contributed by atoms with Crippen LogP contribution in [-0.2, 0) is 11.2 Å². The summed E-state index contributed by atoms with van der Waals surface area (Å²) in [4.78, 5) is 29.7. The zero-order valence-corrected chi connectivity index (χ0v) is 17.0. The number of halogens is 1. The van der Waals surface area contributed by atoms with E-state index in [9.17, 15) is 14.0 Å². The second kappa shape index (κ2) is 8.45. The number of fused-ring (bicyclic) bond motifs is 1. The maximum Gasteiger partial charge on any atom is 0.257 e. The van der Waals surface area contributed by atoms with Gasteiger partial charge in [0.15, 0.2) is 0 Å². The first-order valence-corrected chi connectivity index (χ1v) is 9.39. The van der Waals surface area contributed by atoms with Crippen molar-refractivity contribution in [1.82, 2.24) is 9.88 Å².